The number of hydrazone groups is 1. The van der Waals surface area contributed by atoms with Gasteiger partial charge in [0.2, 0.25) is 0 Å². The Labute approximate surface area is 136 Å². The number of nitrogens with zero attached hydrogens (tertiary/aromatic N) is 1. The smallest absolute Gasteiger partial charge is 0.332 e. The molecule has 22 heavy (non-hydrogen) atoms. The first-order valence-electron chi connectivity index (χ1n) is 6.77. The second kappa shape index (κ2) is 5.77. The van der Waals surface area contributed by atoms with E-state index in [2.05, 4.69) is 50.7 Å². The second-order valence-corrected chi connectivity index (χ2v) is 5.87. The van der Waals surface area contributed by atoms with Crippen LogP contribution in [0.25, 0.3) is 21.5 Å². The fourth-order valence-corrected chi connectivity index (χ4v) is 3.08. The summed E-state index contributed by atoms with van der Waals surface area (Å²) in [4.78, 5) is 10.8. The summed E-state index contributed by atoms with van der Waals surface area (Å²) in [5, 5.41) is 8.60. The lowest BCUT2D eigenvalue weighted by atomic mass is 9.99. The SMILES string of the molecule is CC(=NNC(N)=O)c1ccc2cc(Br)c3ccccc3c2c1. The van der Waals surface area contributed by atoms with Crippen molar-refractivity contribution in [2.75, 3.05) is 0 Å². The van der Waals surface area contributed by atoms with Crippen molar-refractivity contribution in [3.05, 3.63) is 58.6 Å². The predicted molar refractivity (Wildman–Crippen MR) is 94.1 cm³/mol. The first-order valence-corrected chi connectivity index (χ1v) is 7.56. The van der Waals surface area contributed by atoms with Crippen LogP contribution < -0.4 is 11.2 Å². The number of nitrogens with two attached hydrogens (primary N) is 1. The highest BCUT2D eigenvalue weighted by Crippen LogP contribution is 2.32. The van der Waals surface area contributed by atoms with E-state index in [0.717, 1.165) is 26.2 Å². The molecule has 3 N–H and O–H groups in total. The average Bonchev–Trinajstić information content (AvgIpc) is 2.52. The zero-order valence-electron chi connectivity index (χ0n) is 11.9. The van der Waals surface area contributed by atoms with Crippen molar-refractivity contribution in [2.45, 2.75) is 6.92 Å². The van der Waals surface area contributed by atoms with Gasteiger partial charge in [-0.05, 0) is 46.2 Å². The van der Waals surface area contributed by atoms with Gasteiger partial charge in [-0.2, -0.15) is 5.10 Å². The van der Waals surface area contributed by atoms with E-state index in [-0.39, 0.29) is 0 Å². The Balaban J connectivity index is 2.21. The standard InChI is InChI=1S/C17H14BrN3O/c1-10(20-21-17(19)22)11-6-7-12-9-16(18)14-5-3-2-4-13(14)15(12)8-11/h2-9H,1H3,(H3,19,21,22). The predicted octanol–water partition coefficient (Wildman–Crippen LogP) is 4.15. The third kappa shape index (κ3) is 2.67. The summed E-state index contributed by atoms with van der Waals surface area (Å²) in [5.41, 5.74) is 8.94. The van der Waals surface area contributed by atoms with Gasteiger partial charge in [0.05, 0.1) is 5.71 Å². The molecule has 3 rings (SSSR count). The highest BCUT2D eigenvalue weighted by molar-refractivity contribution is 9.10. The third-order valence-corrected chi connectivity index (χ3v) is 4.22. The van der Waals surface area contributed by atoms with Gasteiger partial charge >= 0.3 is 6.03 Å². The van der Waals surface area contributed by atoms with Crippen LogP contribution in [0.15, 0.2) is 58.1 Å². The van der Waals surface area contributed by atoms with Gasteiger partial charge in [0, 0.05) is 4.47 Å². The second-order valence-electron chi connectivity index (χ2n) is 5.01. The van der Waals surface area contributed by atoms with Crippen LogP contribution in [0, 0.1) is 0 Å². The highest BCUT2D eigenvalue weighted by atomic mass is 79.9. The van der Waals surface area contributed by atoms with E-state index in [1.54, 1.807) is 0 Å². The number of rotatable bonds is 2. The molecule has 0 unspecified atom stereocenters. The van der Waals surface area contributed by atoms with E-state index in [1.807, 2.05) is 31.2 Å². The molecule has 0 saturated heterocycles. The molecule has 4 nitrogen and oxygen atoms in total. The molecule has 0 spiro atoms. The molecule has 110 valence electrons. The van der Waals surface area contributed by atoms with E-state index in [0.29, 0.717) is 5.71 Å². The van der Waals surface area contributed by atoms with Crippen LogP contribution in [0.5, 0.6) is 0 Å². The number of carbonyl (C=O) groups excluding carboxylic acids is 1. The van der Waals surface area contributed by atoms with Gasteiger partial charge in [0.15, 0.2) is 0 Å². The Hall–Kier alpha value is -2.40. The molecule has 5 heteroatoms. The Kier molecular flexibility index (Phi) is 3.81. The molecule has 0 fully saturated rings. The van der Waals surface area contributed by atoms with Gasteiger partial charge in [-0.25, -0.2) is 10.2 Å². The molecule has 0 aliphatic heterocycles. The summed E-state index contributed by atoms with van der Waals surface area (Å²) in [5.74, 6) is 0. The number of urea groups is 1. The third-order valence-electron chi connectivity index (χ3n) is 3.56. The molecule has 0 aromatic heterocycles. The molecular formula is C17H14BrN3O. The maximum absolute atomic E-state index is 10.8. The largest absolute Gasteiger partial charge is 0.350 e. The van der Waals surface area contributed by atoms with Gasteiger partial charge in [0.1, 0.15) is 0 Å². The van der Waals surface area contributed by atoms with Crippen LogP contribution in [0.2, 0.25) is 0 Å². The van der Waals surface area contributed by atoms with Crippen molar-refractivity contribution in [1.82, 2.24) is 5.43 Å². The number of primary amides is 1. The van der Waals surface area contributed by atoms with E-state index < -0.39 is 6.03 Å². The topological polar surface area (TPSA) is 67.5 Å². The number of fused-ring (bicyclic) bond motifs is 3. The Morgan fingerprint density at radius 3 is 2.55 bits per heavy atom. The number of amides is 2. The Bertz CT molecular complexity index is 918. The van der Waals surface area contributed by atoms with E-state index in [1.165, 1.54) is 5.39 Å². The summed E-state index contributed by atoms with van der Waals surface area (Å²) in [7, 11) is 0. The van der Waals surface area contributed by atoms with Crippen molar-refractivity contribution in [2.24, 2.45) is 10.8 Å². The molecule has 2 amide bonds. The molecule has 0 atom stereocenters. The number of halogens is 1. The minimum absolute atomic E-state index is 0.672. The molecule has 0 aliphatic rings. The van der Waals surface area contributed by atoms with Crippen molar-refractivity contribution in [3.8, 4) is 0 Å². The lowest BCUT2D eigenvalue weighted by Crippen LogP contribution is -2.25. The minimum Gasteiger partial charge on any atom is -0.350 e. The minimum atomic E-state index is -0.672. The molecule has 3 aromatic rings. The monoisotopic (exact) mass is 355 g/mol. The van der Waals surface area contributed by atoms with Crippen LogP contribution in [0.3, 0.4) is 0 Å². The van der Waals surface area contributed by atoms with Gasteiger partial charge in [-0.15, -0.1) is 0 Å². The van der Waals surface area contributed by atoms with Gasteiger partial charge < -0.3 is 5.73 Å². The first kappa shape index (κ1) is 14.5. The Morgan fingerprint density at radius 2 is 1.82 bits per heavy atom. The quantitative estimate of drug-likeness (QED) is 0.404. The Morgan fingerprint density at radius 1 is 1.09 bits per heavy atom. The molecule has 3 aromatic carbocycles. The summed E-state index contributed by atoms with van der Waals surface area (Å²) < 4.78 is 1.07. The van der Waals surface area contributed by atoms with Crippen molar-refractivity contribution in [1.29, 1.82) is 0 Å². The van der Waals surface area contributed by atoms with Crippen LogP contribution >= 0.6 is 15.9 Å². The highest BCUT2D eigenvalue weighted by Gasteiger charge is 2.07. The molecule has 0 heterocycles. The number of carbonyl (C=O) groups is 1. The summed E-state index contributed by atoms with van der Waals surface area (Å²) in [6, 6.07) is 15.8. The lowest BCUT2D eigenvalue weighted by molar-refractivity contribution is 0.249. The molecule has 0 aliphatic carbocycles. The lowest BCUT2D eigenvalue weighted by Gasteiger charge is -2.09. The van der Waals surface area contributed by atoms with Crippen LogP contribution in [0.4, 0.5) is 4.79 Å². The first-order chi connectivity index (χ1) is 10.6. The zero-order chi connectivity index (χ0) is 15.7. The van der Waals surface area contributed by atoms with Crippen molar-refractivity contribution in [3.63, 3.8) is 0 Å². The van der Waals surface area contributed by atoms with E-state index in [9.17, 15) is 4.79 Å². The summed E-state index contributed by atoms with van der Waals surface area (Å²) >= 11 is 3.62. The fraction of sp³-hybridized carbons (Fsp3) is 0.0588. The van der Waals surface area contributed by atoms with Gasteiger partial charge in [0.25, 0.3) is 0 Å². The number of nitrogens with one attached hydrogen (secondary N) is 1. The normalized spacial score (nSPS) is 11.8. The maximum Gasteiger partial charge on any atom is 0.332 e. The number of hydrogen-bond donors (Lipinski definition) is 2. The van der Waals surface area contributed by atoms with Gasteiger partial charge in [-0.3, -0.25) is 0 Å². The van der Waals surface area contributed by atoms with Crippen molar-refractivity contribution >= 4 is 49.2 Å². The van der Waals surface area contributed by atoms with Crippen LogP contribution in [-0.4, -0.2) is 11.7 Å². The molecule has 0 bridgehead atoms. The zero-order valence-corrected chi connectivity index (χ0v) is 13.5. The molecule has 0 saturated carbocycles. The average molecular weight is 356 g/mol. The molecular weight excluding hydrogens is 342 g/mol. The number of hydrogen-bond acceptors (Lipinski definition) is 2. The fourth-order valence-electron chi connectivity index (χ4n) is 2.48. The van der Waals surface area contributed by atoms with Crippen LogP contribution in [-0.2, 0) is 0 Å². The maximum atomic E-state index is 10.8. The summed E-state index contributed by atoms with van der Waals surface area (Å²) in [6.45, 7) is 1.83. The van der Waals surface area contributed by atoms with Gasteiger partial charge in [-0.1, -0.05) is 52.3 Å². The van der Waals surface area contributed by atoms with E-state index in [4.69, 9.17) is 5.73 Å². The summed E-state index contributed by atoms with van der Waals surface area (Å²) in [6.07, 6.45) is 0. The van der Waals surface area contributed by atoms with Crippen LogP contribution in [0.1, 0.15) is 12.5 Å². The van der Waals surface area contributed by atoms with E-state index >= 15 is 0 Å². The van der Waals surface area contributed by atoms with Crippen molar-refractivity contribution < 1.29 is 4.79 Å². The number of benzene rings is 3. The molecule has 0 radical (unpaired) electrons.